The number of rotatable bonds is 7. The van der Waals surface area contributed by atoms with Crippen molar-refractivity contribution >= 4 is 5.97 Å². The van der Waals surface area contributed by atoms with E-state index in [-0.39, 0.29) is 129 Å². The number of hydrogen-bond acceptors (Lipinski definition) is 20. The molecule has 83 heavy (non-hydrogen) atoms. The molecule has 462 valence electrons. The summed E-state index contributed by atoms with van der Waals surface area (Å²) >= 11 is 0. The van der Waals surface area contributed by atoms with Gasteiger partial charge < -0.3 is 91.7 Å². The molecule has 16 rings (SSSR count). The number of carbonyl (C=O) groups excluding carboxylic acids is 1. The topological polar surface area (TPSA) is 231 Å². The standard InChI is InChI=1S/C63H91NO19/c1-8-15-68-63-28-60-14-13-38-17-30(3)40(69-38)11-9-36-16-29(2)33(6)42(70-36)20-45-54(76-50(67)19-37-10-12-41-55(71-37)56(81-60)57(82-63)58(73-41)59(63)83-60)34(7)53-46(72-45)22-44-48(75-53)25-62(77-44)26-49-52(80-62)32(5)24-61(79-49)23-31(4)51-47(78-61)21-43(74-51)39(66)18-35(65)27-64/h8,29,31-32,34-49,51-59,65-66H,1,3,6,9-28,64H2,2,4-5,7H3/t29-,31+,32+,34+,35-,36+,37-,38+,39+,40+,41+,42-,43+,44-,45+,46+,47+,48-,49+,51+,52+,53+,54-,55+,56+,57+,58-,59-,60-,61-,62+,63?/m1/s1. The normalized spacial score (nSPS) is 55.9. The minimum absolute atomic E-state index is 0.0353. The largest absolute Gasteiger partial charge is 0.459 e. The van der Waals surface area contributed by atoms with Crippen LogP contribution in [0.3, 0.4) is 0 Å². The summed E-state index contributed by atoms with van der Waals surface area (Å²) < 4.78 is 111. The molecule has 20 heteroatoms. The van der Waals surface area contributed by atoms with Gasteiger partial charge in [-0.1, -0.05) is 46.9 Å². The highest BCUT2D eigenvalue weighted by Crippen LogP contribution is 2.60. The van der Waals surface area contributed by atoms with Gasteiger partial charge in [0.05, 0.1) is 129 Å². The molecule has 0 amide bonds. The first kappa shape index (κ1) is 57.4. The monoisotopic (exact) mass is 1170 g/mol. The molecule has 1 unspecified atom stereocenters. The van der Waals surface area contributed by atoms with Crippen LogP contribution in [-0.4, -0.2) is 199 Å². The van der Waals surface area contributed by atoms with E-state index in [1.54, 1.807) is 6.08 Å². The molecule has 12 bridgehead atoms. The van der Waals surface area contributed by atoms with Gasteiger partial charge in [0.1, 0.15) is 36.6 Å². The van der Waals surface area contributed by atoms with E-state index >= 15 is 0 Å². The van der Waals surface area contributed by atoms with Crippen LogP contribution < -0.4 is 5.73 Å². The Kier molecular flexibility index (Phi) is 14.9. The number of nitrogens with two attached hydrogens (primary N) is 1. The van der Waals surface area contributed by atoms with Gasteiger partial charge in [-0.2, -0.15) is 0 Å². The summed E-state index contributed by atoms with van der Waals surface area (Å²) in [4.78, 5) is 14.7. The Balaban J connectivity index is 0.660. The van der Waals surface area contributed by atoms with Crippen LogP contribution >= 0.6 is 0 Å². The summed E-state index contributed by atoms with van der Waals surface area (Å²) in [5, 5.41) is 21.2. The highest BCUT2D eigenvalue weighted by Gasteiger charge is 2.76. The fraction of sp³-hybridized carbons (Fsp3) is 0.889. The van der Waals surface area contributed by atoms with E-state index in [1.807, 2.05) is 0 Å². The lowest BCUT2D eigenvalue weighted by Crippen LogP contribution is -2.62. The third-order valence-corrected chi connectivity index (χ3v) is 22.5. The summed E-state index contributed by atoms with van der Waals surface area (Å²) in [6.07, 6.45) is 2.63. The lowest BCUT2D eigenvalue weighted by atomic mass is 9.79. The lowest BCUT2D eigenvalue weighted by Gasteiger charge is -2.50. The molecule has 0 aliphatic carbocycles. The van der Waals surface area contributed by atoms with E-state index in [0.717, 1.165) is 36.8 Å². The fourth-order valence-electron chi connectivity index (χ4n) is 18.6. The van der Waals surface area contributed by atoms with Crippen molar-refractivity contribution in [1.29, 1.82) is 0 Å². The molecule has 16 fully saturated rings. The second-order valence-corrected chi connectivity index (χ2v) is 28.4. The van der Waals surface area contributed by atoms with Crippen molar-refractivity contribution in [1.82, 2.24) is 0 Å². The minimum atomic E-state index is -1.06. The molecule has 0 radical (unpaired) electrons. The SMILES string of the molecule is C=CCOC12C[C@]34CC[C@H]5CC(=C)[C@H](CC[C@H]6C[C@@H](C)C(=C)[C@@H](C[C@@H]7O[C@H]8C[C@H]9O[C@@]%10(C[C@@H]%11O[C@]%12(C[C@H](C)[C@@H]%13O[C@H]([C@@H](O)C[C@@H](O)CN)C[C@@H]%13O%12)C[C@H](C)[C@@H]%11O%10)C[C@H]9O[C@H]8[C@H](C)[C@H]7OC(=O)C[C@H]7CC[C@@H]8O[C@H]([C@@H](O1)[C@@H](O3)[C@H]8O7)[C@H]2O4)O6)O5. The zero-order valence-electron chi connectivity index (χ0n) is 48.9. The maximum atomic E-state index is 14.7. The van der Waals surface area contributed by atoms with E-state index in [0.29, 0.717) is 77.0 Å². The highest BCUT2D eigenvalue weighted by atomic mass is 16.8. The maximum Gasteiger partial charge on any atom is 0.308 e. The van der Waals surface area contributed by atoms with Gasteiger partial charge in [0.25, 0.3) is 0 Å². The van der Waals surface area contributed by atoms with Gasteiger partial charge in [0, 0.05) is 70.3 Å². The van der Waals surface area contributed by atoms with Crippen LogP contribution in [0.1, 0.15) is 143 Å². The van der Waals surface area contributed by atoms with E-state index in [2.05, 4.69) is 47.4 Å². The molecular weight excluding hydrogens is 1070 g/mol. The molecule has 16 saturated heterocycles. The Morgan fingerprint density at radius 3 is 2.14 bits per heavy atom. The summed E-state index contributed by atoms with van der Waals surface area (Å²) in [5.41, 5.74) is 7.78. The number of fused-ring (bicyclic) bond motifs is 10. The number of aliphatic hydroxyl groups is 2. The molecule has 16 heterocycles. The fourth-order valence-corrected chi connectivity index (χ4v) is 18.6. The van der Waals surface area contributed by atoms with Crippen molar-refractivity contribution in [2.24, 2.45) is 29.4 Å². The molecule has 0 saturated carbocycles. The van der Waals surface area contributed by atoms with Crippen LogP contribution in [0.2, 0.25) is 0 Å². The Labute approximate surface area is 487 Å². The first-order chi connectivity index (χ1) is 39.9. The Hall–Kier alpha value is -2.03. The van der Waals surface area contributed by atoms with Crippen molar-refractivity contribution in [2.75, 3.05) is 13.2 Å². The Morgan fingerprint density at radius 1 is 0.602 bits per heavy atom. The van der Waals surface area contributed by atoms with Gasteiger partial charge in [-0.25, -0.2) is 0 Å². The van der Waals surface area contributed by atoms with Crippen LogP contribution in [0.5, 0.6) is 0 Å². The molecular formula is C63H91NO19. The number of ether oxygens (including phenoxy) is 16. The molecule has 16 aliphatic heterocycles. The third kappa shape index (κ3) is 10.0. The predicted octanol–water partition coefficient (Wildman–Crippen LogP) is 5.42. The van der Waals surface area contributed by atoms with Gasteiger partial charge in [-0.15, -0.1) is 6.58 Å². The smallest absolute Gasteiger partial charge is 0.308 e. The van der Waals surface area contributed by atoms with Crippen molar-refractivity contribution in [3.8, 4) is 0 Å². The molecule has 3 spiro atoms. The second-order valence-electron chi connectivity index (χ2n) is 28.4. The van der Waals surface area contributed by atoms with Crippen molar-refractivity contribution < 1.29 is 90.8 Å². The summed E-state index contributed by atoms with van der Waals surface area (Å²) in [7, 11) is 0. The maximum absolute atomic E-state index is 14.7. The van der Waals surface area contributed by atoms with Gasteiger partial charge in [-0.05, 0) is 73.8 Å². The first-order valence-corrected chi connectivity index (χ1v) is 32.1. The van der Waals surface area contributed by atoms with Crippen molar-refractivity contribution in [3.05, 3.63) is 37.0 Å². The first-order valence-electron chi connectivity index (χ1n) is 32.1. The van der Waals surface area contributed by atoms with Crippen LogP contribution in [0.15, 0.2) is 37.0 Å². The number of carbonyl (C=O) groups is 1. The Bertz CT molecular complexity index is 2490. The van der Waals surface area contributed by atoms with Gasteiger partial charge in [0.2, 0.25) is 5.79 Å². The van der Waals surface area contributed by atoms with Crippen molar-refractivity contribution in [3.63, 3.8) is 0 Å². The van der Waals surface area contributed by atoms with Crippen LogP contribution in [0.4, 0.5) is 0 Å². The van der Waals surface area contributed by atoms with E-state index < -0.39 is 96.4 Å². The second kappa shape index (κ2) is 21.6. The molecule has 0 aromatic heterocycles. The molecule has 32 atom stereocenters. The number of aliphatic hydroxyl groups excluding tert-OH is 2. The van der Waals surface area contributed by atoms with Crippen LogP contribution in [-0.2, 0) is 80.6 Å². The summed E-state index contributed by atoms with van der Waals surface area (Å²) in [6.45, 7) is 22.2. The average Bonchev–Trinajstić information content (AvgIpc) is 4.29. The Morgan fingerprint density at radius 2 is 1.31 bits per heavy atom. The average molecular weight is 1170 g/mol. The van der Waals surface area contributed by atoms with E-state index in [9.17, 15) is 15.0 Å². The molecule has 0 aromatic carbocycles. The lowest BCUT2D eigenvalue weighted by molar-refractivity contribution is -0.347. The number of hydrogen-bond donors (Lipinski definition) is 3. The van der Waals surface area contributed by atoms with Crippen molar-refractivity contribution in [2.45, 2.75) is 313 Å². The summed E-state index contributed by atoms with van der Waals surface area (Å²) in [6, 6.07) is 0. The zero-order chi connectivity index (χ0) is 57.1. The molecule has 0 aromatic rings. The highest BCUT2D eigenvalue weighted by molar-refractivity contribution is 5.70. The van der Waals surface area contributed by atoms with Crippen LogP contribution in [0.25, 0.3) is 0 Å². The van der Waals surface area contributed by atoms with Gasteiger partial charge >= 0.3 is 5.97 Å². The quantitative estimate of drug-likeness (QED) is 0.213. The summed E-state index contributed by atoms with van der Waals surface area (Å²) in [5.74, 6) is -4.05. The number of esters is 1. The van der Waals surface area contributed by atoms with Gasteiger partial charge in [0.15, 0.2) is 17.4 Å². The minimum Gasteiger partial charge on any atom is -0.459 e. The molecule has 16 aliphatic rings. The van der Waals surface area contributed by atoms with E-state index in [1.165, 1.54) is 0 Å². The zero-order valence-corrected chi connectivity index (χ0v) is 48.9. The van der Waals surface area contributed by atoms with E-state index in [4.69, 9.17) is 81.5 Å². The van der Waals surface area contributed by atoms with Crippen LogP contribution in [0, 0.1) is 23.7 Å². The molecule has 20 nitrogen and oxygen atoms in total. The third-order valence-electron chi connectivity index (χ3n) is 22.5. The predicted molar refractivity (Wildman–Crippen MR) is 291 cm³/mol. The van der Waals surface area contributed by atoms with Gasteiger partial charge in [-0.3, -0.25) is 4.79 Å². The molecule has 4 N–H and O–H groups in total.